The molecule has 0 spiro atoms. The van der Waals surface area contributed by atoms with Crippen molar-refractivity contribution in [1.29, 1.82) is 0 Å². The Kier molecular flexibility index (Phi) is 15.9. The fraction of sp³-hybridized carbons (Fsp3) is 0.828. The average Bonchev–Trinajstić information content (AvgIpc) is 2.78. The van der Waals surface area contributed by atoms with Gasteiger partial charge in [-0.25, -0.2) is 4.79 Å². The predicted molar refractivity (Wildman–Crippen MR) is 152 cm³/mol. The first-order valence-corrected chi connectivity index (χ1v) is 13.9. The van der Waals surface area contributed by atoms with Crippen molar-refractivity contribution in [2.45, 2.75) is 118 Å². The zero-order valence-electron chi connectivity index (χ0n) is 25.8. The zero-order chi connectivity index (χ0) is 29.0. The molecular weight excluding hydrogens is 468 g/mol. The van der Waals surface area contributed by atoms with Crippen LogP contribution in [0.2, 0.25) is 0 Å². The second-order valence-electron chi connectivity index (χ2n) is 11.7. The van der Waals surface area contributed by atoms with E-state index in [-0.39, 0.29) is 41.8 Å². The highest BCUT2D eigenvalue weighted by Crippen LogP contribution is 2.23. The third-order valence-corrected chi connectivity index (χ3v) is 6.83. The van der Waals surface area contributed by atoms with Gasteiger partial charge in [0.05, 0.1) is 6.04 Å². The van der Waals surface area contributed by atoms with Crippen LogP contribution < -0.4 is 10.6 Å². The van der Waals surface area contributed by atoms with Crippen LogP contribution in [0.5, 0.6) is 0 Å². The number of carbonyl (C=O) groups excluding carboxylic acids is 3. The molecule has 0 aromatic heterocycles. The minimum absolute atomic E-state index is 0.0476. The fourth-order valence-electron chi connectivity index (χ4n) is 4.52. The lowest BCUT2D eigenvalue weighted by Crippen LogP contribution is -2.58. The van der Waals surface area contributed by atoms with Crippen molar-refractivity contribution in [3.05, 3.63) is 12.2 Å². The van der Waals surface area contributed by atoms with Gasteiger partial charge in [-0.05, 0) is 79.3 Å². The van der Waals surface area contributed by atoms with Crippen LogP contribution in [0.1, 0.15) is 82.1 Å². The SMILES string of the molecule is C/C=C/CC(C)C(OC(=O)C(C(C)C)N(C)C(=O)C(CC(C)C)N(C)C(C)C)C(NC)C(=O)NC(C)C. The molecule has 0 aromatic rings. The van der Waals surface area contributed by atoms with Gasteiger partial charge >= 0.3 is 5.97 Å². The van der Waals surface area contributed by atoms with Crippen molar-refractivity contribution in [3.63, 3.8) is 0 Å². The van der Waals surface area contributed by atoms with Crippen LogP contribution in [0, 0.1) is 17.8 Å². The predicted octanol–water partition coefficient (Wildman–Crippen LogP) is 3.85. The Morgan fingerprint density at radius 3 is 1.92 bits per heavy atom. The quantitative estimate of drug-likeness (QED) is 0.235. The van der Waals surface area contributed by atoms with Crippen LogP contribution in [0.25, 0.3) is 0 Å². The average molecular weight is 525 g/mol. The second kappa shape index (κ2) is 16.8. The maximum absolute atomic E-state index is 13.7. The first kappa shape index (κ1) is 35.1. The molecule has 0 bridgehead atoms. The number of esters is 1. The van der Waals surface area contributed by atoms with Crippen LogP contribution in [0.15, 0.2) is 12.2 Å². The molecular formula is C29H56N4O4. The number of ether oxygens (including phenoxy) is 1. The lowest BCUT2D eigenvalue weighted by molar-refractivity contribution is -0.166. The van der Waals surface area contributed by atoms with Gasteiger partial charge in [-0.15, -0.1) is 0 Å². The van der Waals surface area contributed by atoms with Crippen molar-refractivity contribution in [1.82, 2.24) is 20.4 Å². The van der Waals surface area contributed by atoms with E-state index in [2.05, 4.69) is 43.2 Å². The molecule has 0 aliphatic heterocycles. The van der Waals surface area contributed by atoms with Crippen molar-refractivity contribution in [3.8, 4) is 0 Å². The van der Waals surface area contributed by atoms with Gasteiger partial charge in [0.15, 0.2) is 0 Å². The topological polar surface area (TPSA) is 91.0 Å². The van der Waals surface area contributed by atoms with Crippen molar-refractivity contribution < 1.29 is 19.1 Å². The van der Waals surface area contributed by atoms with Gasteiger partial charge < -0.3 is 20.3 Å². The van der Waals surface area contributed by atoms with Gasteiger partial charge in [0, 0.05) is 19.1 Å². The van der Waals surface area contributed by atoms with Crippen LogP contribution in [-0.2, 0) is 19.1 Å². The molecule has 0 rings (SSSR count). The summed E-state index contributed by atoms with van der Waals surface area (Å²) in [5.74, 6) is -0.776. The normalized spacial score (nSPS) is 16.4. The Hall–Kier alpha value is -1.93. The van der Waals surface area contributed by atoms with E-state index < -0.39 is 24.2 Å². The summed E-state index contributed by atoms with van der Waals surface area (Å²) >= 11 is 0. The Morgan fingerprint density at radius 1 is 0.946 bits per heavy atom. The Balaban J connectivity index is 6.18. The van der Waals surface area contributed by atoms with Crippen LogP contribution in [0.3, 0.4) is 0 Å². The minimum Gasteiger partial charge on any atom is -0.458 e. The van der Waals surface area contributed by atoms with Crippen molar-refractivity contribution >= 4 is 17.8 Å². The molecule has 5 atom stereocenters. The van der Waals surface area contributed by atoms with E-state index in [0.717, 1.165) is 0 Å². The third-order valence-electron chi connectivity index (χ3n) is 6.83. The summed E-state index contributed by atoms with van der Waals surface area (Å²) in [5.41, 5.74) is 0. The molecule has 0 saturated heterocycles. The fourth-order valence-corrected chi connectivity index (χ4v) is 4.52. The summed E-state index contributed by atoms with van der Waals surface area (Å²) < 4.78 is 6.12. The molecule has 0 aromatic carbocycles. The van der Waals surface area contributed by atoms with Crippen LogP contribution in [0.4, 0.5) is 0 Å². The molecule has 2 amide bonds. The van der Waals surface area contributed by atoms with Gasteiger partial charge in [-0.1, -0.05) is 46.8 Å². The first-order valence-electron chi connectivity index (χ1n) is 13.9. The van der Waals surface area contributed by atoms with E-state index in [9.17, 15) is 14.4 Å². The molecule has 0 heterocycles. The summed E-state index contributed by atoms with van der Waals surface area (Å²) in [6.45, 7) is 19.8. The van der Waals surface area contributed by atoms with Crippen molar-refractivity contribution in [2.75, 3.05) is 21.1 Å². The van der Waals surface area contributed by atoms with Gasteiger partial charge in [0.1, 0.15) is 18.2 Å². The molecule has 37 heavy (non-hydrogen) atoms. The summed E-state index contributed by atoms with van der Waals surface area (Å²) in [7, 11) is 5.34. The lowest BCUT2D eigenvalue weighted by atomic mass is 9.93. The number of hydrogen-bond donors (Lipinski definition) is 2. The third kappa shape index (κ3) is 11.1. The summed E-state index contributed by atoms with van der Waals surface area (Å²) in [4.78, 5) is 44.1. The second-order valence-corrected chi connectivity index (χ2v) is 11.7. The number of allylic oxidation sites excluding steroid dienone is 2. The Morgan fingerprint density at radius 2 is 1.51 bits per heavy atom. The van der Waals surface area contributed by atoms with Crippen molar-refractivity contribution in [2.24, 2.45) is 17.8 Å². The molecule has 0 aliphatic rings. The van der Waals surface area contributed by atoms with E-state index in [4.69, 9.17) is 4.74 Å². The number of nitrogens with zero attached hydrogens (tertiary/aromatic N) is 2. The van der Waals surface area contributed by atoms with Gasteiger partial charge in [-0.2, -0.15) is 0 Å². The molecule has 5 unspecified atom stereocenters. The molecule has 0 fully saturated rings. The zero-order valence-corrected chi connectivity index (χ0v) is 25.8. The summed E-state index contributed by atoms with van der Waals surface area (Å²) in [6.07, 6.45) is 4.59. The maximum Gasteiger partial charge on any atom is 0.329 e. The van der Waals surface area contributed by atoms with E-state index in [1.165, 1.54) is 0 Å². The summed E-state index contributed by atoms with van der Waals surface area (Å²) in [5, 5.41) is 5.98. The van der Waals surface area contributed by atoms with Crippen LogP contribution >= 0.6 is 0 Å². The van der Waals surface area contributed by atoms with E-state index in [1.807, 2.05) is 60.7 Å². The molecule has 0 radical (unpaired) electrons. The number of carbonyl (C=O) groups is 3. The molecule has 0 aliphatic carbocycles. The first-order chi connectivity index (χ1) is 17.1. The van der Waals surface area contributed by atoms with E-state index in [1.54, 1.807) is 19.0 Å². The highest BCUT2D eigenvalue weighted by Gasteiger charge is 2.40. The number of likely N-dealkylation sites (N-methyl/N-ethyl adjacent to an activating group) is 3. The van der Waals surface area contributed by atoms with E-state index >= 15 is 0 Å². The maximum atomic E-state index is 13.7. The smallest absolute Gasteiger partial charge is 0.329 e. The Labute approximate surface area is 226 Å². The van der Waals surface area contributed by atoms with Crippen LogP contribution in [-0.4, -0.2) is 85.0 Å². The number of nitrogens with one attached hydrogen (secondary N) is 2. The molecule has 2 N–H and O–H groups in total. The van der Waals surface area contributed by atoms with E-state index in [0.29, 0.717) is 18.8 Å². The highest BCUT2D eigenvalue weighted by atomic mass is 16.5. The molecule has 0 saturated carbocycles. The molecule has 8 nitrogen and oxygen atoms in total. The number of rotatable bonds is 16. The van der Waals surface area contributed by atoms with Gasteiger partial charge in [0.2, 0.25) is 11.8 Å². The highest BCUT2D eigenvalue weighted by molar-refractivity contribution is 5.88. The number of hydrogen-bond acceptors (Lipinski definition) is 6. The monoisotopic (exact) mass is 524 g/mol. The largest absolute Gasteiger partial charge is 0.458 e. The van der Waals surface area contributed by atoms with Gasteiger partial charge in [-0.3, -0.25) is 14.5 Å². The Bertz CT molecular complexity index is 735. The molecule has 8 heteroatoms. The standard InChI is InChI=1S/C29H56N4O4/c1-14-15-16-22(10)26(24(30-11)27(34)31-20(6)7)37-29(36)25(19(4)5)33(13)28(35)23(17-18(2)3)32(12)21(8)9/h14-15,18-26,30H,16-17H2,1-13H3,(H,31,34)/b15-14+. The summed E-state index contributed by atoms with van der Waals surface area (Å²) in [6, 6.07) is -1.71. The minimum atomic E-state index is -0.773. The molecule has 216 valence electrons. The lowest BCUT2D eigenvalue weighted by Gasteiger charge is -2.38. The van der Waals surface area contributed by atoms with Gasteiger partial charge in [0.25, 0.3) is 0 Å². The number of amides is 2.